The Morgan fingerprint density at radius 3 is 2.72 bits per heavy atom. The average molecular weight is 367 g/mol. The fraction of sp³-hybridized carbons (Fsp3) is 0.0526. The van der Waals surface area contributed by atoms with Gasteiger partial charge in [-0.25, -0.2) is 9.50 Å². The average Bonchev–Trinajstić information content (AvgIpc) is 3.09. The molecule has 25 heavy (non-hydrogen) atoms. The van der Waals surface area contributed by atoms with Crippen molar-refractivity contribution in [1.29, 1.82) is 0 Å². The van der Waals surface area contributed by atoms with E-state index < -0.39 is 0 Å². The van der Waals surface area contributed by atoms with Gasteiger partial charge in [-0.2, -0.15) is 5.10 Å². The predicted molar refractivity (Wildman–Crippen MR) is 104 cm³/mol. The molecule has 4 aromatic rings. The van der Waals surface area contributed by atoms with Crippen molar-refractivity contribution in [3.63, 3.8) is 0 Å². The first-order chi connectivity index (χ1) is 12.3. The number of hydrogen-bond acceptors (Lipinski definition) is 4. The standard InChI is InChI=1S/C19H15ClN4S/c20-15-7-4-8-16(11-15)22-17-12-19(24-18(23-17)9-10-21-24)25-13-14-5-2-1-3-6-14/h1-12H,13H2,(H,22,23). The van der Waals surface area contributed by atoms with E-state index in [-0.39, 0.29) is 0 Å². The van der Waals surface area contributed by atoms with Crippen LogP contribution < -0.4 is 5.32 Å². The second kappa shape index (κ2) is 7.17. The van der Waals surface area contributed by atoms with Gasteiger partial charge in [0.15, 0.2) is 5.65 Å². The maximum absolute atomic E-state index is 6.06. The first-order valence-corrected chi connectivity index (χ1v) is 9.18. The van der Waals surface area contributed by atoms with Crippen LogP contribution in [0, 0.1) is 0 Å². The van der Waals surface area contributed by atoms with Gasteiger partial charge in [0.1, 0.15) is 10.8 Å². The summed E-state index contributed by atoms with van der Waals surface area (Å²) in [7, 11) is 0. The number of halogens is 1. The van der Waals surface area contributed by atoms with Crippen molar-refractivity contribution >= 4 is 40.5 Å². The van der Waals surface area contributed by atoms with Crippen molar-refractivity contribution in [2.75, 3.05) is 5.32 Å². The molecule has 0 amide bonds. The minimum Gasteiger partial charge on any atom is -0.340 e. The van der Waals surface area contributed by atoms with Crippen LogP contribution in [0.5, 0.6) is 0 Å². The molecule has 0 saturated heterocycles. The van der Waals surface area contributed by atoms with Crippen LogP contribution in [0.1, 0.15) is 5.56 Å². The molecule has 0 aliphatic heterocycles. The molecular weight excluding hydrogens is 352 g/mol. The van der Waals surface area contributed by atoms with Gasteiger partial charge in [0.2, 0.25) is 0 Å². The van der Waals surface area contributed by atoms with Crippen LogP contribution in [-0.4, -0.2) is 14.6 Å². The summed E-state index contributed by atoms with van der Waals surface area (Å²) in [4.78, 5) is 4.61. The van der Waals surface area contributed by atoms with Gasteiger partial charge in [0.05, 0.1) is 6.20 Å². The van der Waals surface area contributed by atoms with E-state index in [1.807, 2.05) is 47.0 Å². The van der Waals surface area contributed by atoms with E-state index in [4.69, 9.17) is 11.6 Å². The van der Waals surface area contributed by atoms with Crippen molar-refractivity contribution in [2.45, 2.75) is 10.8 Å². The Kier molecular flexibility index (Phi) is 4.59. The molecule has 0 atom stereocenters. The third-order valence-corrected chi connectivity index (χ3v) is 4.95. The largest absolute Gasteiger partial charge is 0.340 e. The molecule has 2 aromatic carbocycles. The molecule has 1 N–H and O–H groups in total. The molecule has 4 nitrogen and oxygen atoms in total. The highest BCUT2D eigenvalue weighted by atomic mass is 35.5. The van der Waals surface area contributed by atoms with Gasteiger partial charge in [-0.15, -0.1) is 11.8 Å². The van der Waals surface area contributed by atoms with Crippen molar-refractivity contribution in [1.82, 2.24) is 14.6 Å². The number of thioether (sulfide) groups is 1. The SMILES string of the molecule is Clc1cccc(Nc2cc(SCc3ccccc3)n3nccc3n2)c1. The minimum atomic E-state index is 0.689. The van der Waals surface area contributed by atoms with Gasteiger partial charge in [0, 0.05) is 28.6 Å². The maximum Gasteiger partial charge on any atom is 0.158 e. The monoisotopic (exact) mass is 366 g/mol. The Labute approximate surface area is 154 Å². The normalized spacial score (nSPS) is 10.9. The fourth-order valence-electron chi connectivity index (χ4n) is 2.50. The van der Waals surface area contributed by atoms with Gasteiger partial charge in [-0.1, -0.05) is 48.0 Å². The van der Waals surface area contributed by atoms with E-state index in [1.54, 1.807) is 18.0 Å². The number of nitrogens with zero attached hydrogens (tertiary/aromatic N) is 3. The molecule has 0 fully saturated rings. The van der Waals surface area contributed by atoms with Crippen LogP contribution in [0.25, 0.3) is 5.65 Å². The molecule has 0 spiro atoms. The van der Waals surface area contributed by atoms with E-state index in [1.165, 1.54) is 5.56 Å². The van der Waals surface area contributed by atoms with Gasteiger partial charge >= 0.3 is 0 Å². The maximum atomic E-state index is 6.06. The highest BCUT2D eigenvalue weighted by molar-refractivity contribution is 7.98. The van der Waals surface area contributed by atoms with Crippen LogP contribution in [0.4, 0.5) is 11.5 Å². The van der Waals surface area contributed by atoms with E-state index in [2.05, 4.69) is 39.7 Å². The quantitative estimate of drug-likeness (QED) is 0.378. The van der Waals surface area contributed by atoms with Gasteiger partial charge in [0.25, 0.3) is 0 Å². The molecule has 0 radical (unpaired) electrons. The first-order valence-electron chi connectivity index (χ1n) is 7.82. The Bertz CT molecular complexity index is 1000. The Morgan fingerprint density at radius 1 is 1.00 bits per heavy atom. The number of anilines is 2. The van der Waals surface area contributed by atoms with E-state index in [0.29, 0.717) is 5.02 Å². The van der Waals surface area contributed by atoms with E-state index >= 15 is 0 Å². The molecule has 124 valence electrons. The van der Waals surface area contributed by atoms with Crippen LogP contribution in [0.15, 0.2) is 78.0 Å². The fourth-order valence-corrected chi connectivity index (χ4v) is 3.65. The van der Waals surface area contributed by atoms with Gasteiger partial charge < -0.3 is 5.32 Å². The summed E-state index contributed by atoms with van der Waals surface area (Å²) in [6, 6.07) is 21.9. The lowest BCUT2D eigenvalue weighted by Gasteiger charge is -2.10. The summed E-state index contributed by atoms with van der Waals surface area (Å²) in [6.45, 7) is 0. The van der Waals surface area contributed by atoms with Gasteiger partial charge in [-0.3, -0.25) is 0 Å². The lowest BCUT2D eigenvalue weighted by molar-refractivity contribution is 0.845. The zero-order valence-corrected chi connectivity index (χ0v) is 14.8. The number of rotatable bonds is 5. The minimum absolute atomic E-state index is 0.689. The lowest BCUT2D eigenvalue weighted by Crippen LogP contribution is -2.00. The summed E-state index contributed by atoms with van der Waals surface area (Å²) >= 11 is 7.79. The molecule has 2 heterocycles. The summed E-state index contributed by atoms with van der Waals surface area (Å²) in [5, 5.41) is 9.41. The summed E-state index contributed by atoms with van der Waals surface area (Å²) in [6.07, 6.45) is 1.76. The predicted octanol–water partition coefficient (Wildman–Crippen LogP) is 5.42. The number of nitrogens with one attached hydrogen (secondary N) is 1. The summed E-state index contributed by atoms with van der Waals surface area (Å²) < 4.78 is 1.86. The first kappa shape index (κ1) is 16.0. The second-order valence-corrected chi connectivity index (χ2v) is 6.92. The Balaban J connectivity index is 1.62. The highest BCUT2D eigenvalue weighted by Gasteiger charge is 2.08. The number of hydrogen-bond donors (Lipinski definition) is 1. The van der Waals surface area contributed by atoms with Crippen LogP contribution in [0.2, 0.25) is 5.02 Å². The van der Waals surface area contributed by atoms with Crippen molar-refractivity contribution in [2.24, 2.45) is 0 Å². The van der Waals surface area contributed by atoms with Crippen LogP contribution in [0.3, 0.4) is 0 Å². The zero-order valence-electron chi connectivity index (χ0n) is 13.3. The molecule has 0 aliphatic carbocycles. The Morgan fingerprint density at radius 2 is 1.88 bits per heavy atom. The van der Waals surface area contributed by atoms with Gasteiger partial charge in [-0.05, 0) is 23.8 Å². The molecule has 0 aliphatic rings. The molecule has 0 saturated carbocycles. The van der Waals surface area contributed by atoms with Crippen molar-refractivity contribution in [3.05, 3.63) is 83.5 Å². The second-order valence-electron chi connectivity index (χ2n) is 5.49. The smallest absolute Gasteiger partial charge is 0.158 e. The molecule has 0 unspecified atom stereocenters. The van der Waals surface area contributed by atoms with Crippen LogP contribution in [-0.2, 0) is 5.75 Å². The van der Waals surface area contributed by atoms with Crippen molar-refractivity contribution in [3.8, 4) is 0 Å². The van der Waals surface area contributed by atoms with E-state index in [9.17, 15) is 0 Å². The molecular formula is C19H15ClN4S. The Hall–Kier alpha value is -2.50. The van der Waals surface area contributed by atoms with Crippen LogP contribution >= 0.6 is 23.4 Å². The number of fused-ring (bicyclic) bond motifs is 1. The number of benzene rings is 2. The van der Waals surface area contributed by atoms with Crippen molar-refractivity contribution < 1.29 is 0 Å². The lowest BCUT2D eigenvalue weighted by atomic mass is 10.2. The van der Waals surface area contributed by atoms with E-state index in [0.717, 1.165) is 27.9 Å². The molecule has 4 rings (SSSR count). The molecule has 0 bridgehead atoms. The molecule has 2 aromatic heterocycles. The summed E-state index contributed by atoms with van der Waals surface area (Å²) in [5.74, 6) is 1.64. The molecule has 6 heteroatoms. The topological polar surface area (TPSA) is 42.2 Å². The third kappa shape index (κ3) is 3.78. The zero-order chi connectivity index (χ0) is 17.1. The number of aromatic nitrogens is 3. The summed E-state index contributed by atoms with van der Waals surface area (Å²) in [5.41, 5.74) is 2.99. The highest BCUT2D eigenvalue weighted by Crippen LogP contribution is 2.27. The third-order valence-electron chi connectivity index (χ3n) is 3.65.